The fraction of sp³-hybridized carbons (Fsp3) is 0.667. The number of rotatable bonds is 3. The highest BCUT2D eigenvalue weighted by Crippen LogP contribution is 2.38. The predicted octanol–water partition coefficient (Wildman–Crippen LogP) is 1.30. The van der Waals surface area contributed by atoms with Crippen molar-refractivity contribution in [2.24, 2.45) is 17.7 Å². The number of thiazole rings is 1. The maximum atomic E-state index is 11.9. The van der Waals surface area contributed by atoms with Crippen LogP contribution in [0.5, 0.6) is 0 Å². The average molecular weight is 282 g/mol. The molecule has 2 fully saturated rings. The monoisotopic (exact) mass is 282 g/mol. The molecule has 1 aromatic rings. The topological polar surface area (TPSA) is 80.5 Å². The summed E-state index contributed by atoms with van der Waals surface area (Å²) in [6.07, 6.45) is 3.02. The van der Waals surface area contributed by atoms with Crippen molar-refractivity contribution in [3.63, 3.8) is 0 Å². The van der Waals surface area contributed by atoms with Gasteiger partial charge in [0.1, 0.15) is 12.8 Å². The molecular formula is C12H18N4O2S. The summed E-state index contributed by atoms with van der Waals surface area (Å²) in [5, 5.41) is 6.39. The first kappa shape index (κ1) is 12.8. The van der Waals surface area contributed by atoms with Gasteiger partial charge in [-0.25, -0.2) is 20.6 Å². The summed E-state index contributed by atoms with van der Waals surface area (Å²) in [5.41, 5.74) is 2.47. The van der Waals surface area contributed by atoms with Gasteiger partial charge in [0.05, 0.1) is 11.2 Å². The number of hydrogen-bond acceptors (Lipinski definition) is 6. The zero-order valence-corrected chi connectivity index (χ0v) is 11.4. The van der Waals surface area contributed by atoms with Crippen molar-refractivity contribution < 1.29 is 9.53 Å². The summed E-state index contributed by atoms with van der Waals surface area (Å²) in [6, 6.07) is 0. The lowest BCUT2D eigenvalue weighted by Crippen LogP contribution is -2.53. The van der Waals surface area contributed by atoms with Crippen molar-refractivity contribution in [1.29, 1.82) is 0 Å². The number of nitrogens with zero attached hydrogens (tertiary/aromatic N) is 2. The van der Waals surface area contributed by atoms with Crippen molar-refractivity contribution in [1.82, 2.24) is 15.3 Å². The SMILES string of the molecule is NN(C(=O)OCc1cscn1)C1NCC2CCC[C@@H]21. The Bertz CT molecular complexity index is 439. The Hall–Kier alpha value is -1.18. The van der Waals surface area contributed by atoms with Crippen LogP contribution >= 0.6 is 11.3 Å². The highest BCUT2D eigenvalue weighted by molar-refractivity contribution is 7.07. The van der Waals surface area contributed by atoms with Gasteiger partial charge in [-0.3, -0.25) is 5.32 Å². The van der Waals surface area contributed by atoms with Crippen molar-refractivity contribution >= 4 is 17.4 Å². The second kappa shape index (κ2) is 5.44. The smallest absolute Gasteiger partial charge is 0.425 e. The van der Waals surface area contributed by atoms with E-state index in [2.05, 4.69) is 10.3 Å². The molecule has 1 aromatic heterocycles. The molecule has 1 aliphatic heterocycles. The van der Waals surface area contributed by atoms with Crippen molar-refractivity contribution in [2.75, 3.05) is 6.54 Å². The number of amides is 1. The first-order valence-corrected chi connectivity index (χ1v) is 7.51. The van der Waals surface area contributed by atoms with Crippen molar-refractivity contribution in [3.05, 3.63) is 16.6 Å². The molecule has 2 aliphatic rings. The molecule has 0 radical (unpaired) electrons. The molecule has 1 amide bonds. The fourth-order valence-corrected chi connectivity index (χ4v) is 3.64. The van der Waals surface area contributed by atoms with Crippen LogP contribution < -0.4 is 11.2 Å². The summed E-state index contributed by atoms with van der Waals surface area (Å²) >= 11 is 1.48. The first-order chi connectivity index (χ1) is 9.25. The molecule has 19 heavy (non-hydrogen) atoms. The van der Waals surface area contributed by atoms with Crippen LogP contribution in [-0.4, -0.2) is 28.8 Å². The third-order valence-electron chi connectivity index (χ3n) is 4.05. The van der Waals surface area contributed by atoms with Crippen LogP contribution in [0.4, 0.5) is 4.79 Å². The second-order valence-corrected chi connectivity index (χ2v) is 5.87. The molecule has 0 aromatic carbocycles. The van der Waals surface area contributed by atoms with E-state index < -0.39 is 6.09 Å². The molecule has 2 unspecified atom stereocenters. The third-order valence-corrected chi connectivity index (χ3v) is 4.69. The zero-order chi connectivity index (χ0) is 13.2. The molecule has 3 rings (SSSR count). The Morgan fingerprint density at radius 1 is 1.63 bits per heavy atom. The van der Waals surface area contributed by atoms with Gasteiger partial charge in [0.15, 0.2) is 0 Å². The molecule has 0 spiro atoms. The van der Waals surface area contributed by atoms with Crippen molar-refractivity contribution in [3.8, 4) is 0 Å². The average Bonchev–Trinajstić information content (AvgIpc) is 3.11. The lowest BCUT2D eigenvalue weighted by atomic mass is 9.98. The van der Waals surface area contributed by atoms with E-state index in [0.717, 1.165) is 18.7 Å². The molecule has 1 saturated heterocycles. The van der Waals surface area contributed by atoms with E-state index >= 15 is 0 Å². The lowest BCUT2D eigenvalue weighted by Gasteiger charge is -2.27. The minimum absolute atomic E-state index is 0.0876. The molecule has 0 bridgehead atoms. The van der Waals surface area contributed by atoms with Crippen LogP contribution in [0.15, 0.2) is 10.9 Å². The number of aromatic nitrogens is 1. The van der Waals surface area contributed by atoms with Crippen LogP contribution in [-0.2, 0) is 11.3 Å². The van der Waals surface area contributed by atoms with Crippen LogP contribution in [0.25, 0.3) is 0 Å². The van der Waals surface area contributed by atoms with Gasteiger partial charge in [-0.1, -0.05) is 6.42 Å². The zero-order valence-electron chi connectivity index (χ0n) is 10.6. The normalized spacial score (nSPS) is 29.2. The number of hydrogen-bond donors (Lipinski definition) is 2. The molecule has 3 N–H and O–H groups in total. The van der Waals surface area contributed by atoms with Gasteiger partial charge in [0.2, 0.25) is 0 Å². The van der Waals surface area contributed by atoms with Gasteiger partial charge < -0.3 is 4.74 Å². The second-order valence-electron chi connectivity index (χ2n) is 5.15. The van der Waals surface area contributed by atoms with Gasteiger partial charge in [-0.15, -0.1) is 11.3 Å². The van der Waals surface area contributed by atoms with Gasteiger partial charge in [-0.2, -0.15) is 0 Å². The van der Waals surface area contributed by atoms with Crippen LogP contribution in [0.3, 0.4) is 0 Å². The van der Waals surface area contributed by atoms with Crippen LogP contribution in [0, 0.1) is 11.8 Å². The molecule has 104 valence electrons. The van der Waals surface area contributed by atoms with Crippen molar-refractivity contribution in [2.45, 2.75) is 32.0 Å². The standard InChI is InChI=1S/C12H18N4O2S/c13-16(11-10-3-1-2-8(10)4-14-11)12(17)18-5-9-6-19-7-15-9/h6-8,10-11,14H,1-5,13H2/t8?,10-,11?/m0/s1. The van der Waals surface area contributed by atoms with Gasteiger partial charge in [0, 0.05) is 11.9 Å². The first-order valence-electron chi connectivity index (χ1n) is 6.57. The predicted molar refractivity (Wildman–Crippen MR) is 70.9 cm³/mol. The number of ether oxygens (including phenoxy) is 1. The van der Waals surface area contributed by atoms with Gasteiger partial charge >= 0.3 is 6.09 Å². The van der Waals surface area contributed by atoms with Crippen LogP contribution in [0.1, 0.15) is 25.0 Å². The van der Waals surface area contributed by atoms with Gasteiger partial charge in [-0.05, 0) is 24.7 Å². The van der Waals surface area contributed by atoms with E-state index in [1.54, 1.807) is 5.51 Å². The maximum Gasteiger partial charge on any atom is 0.425 e. The summed E-state index contributed by atoms with van der Waals surface area (Å²) in [4.78, 5) is 16.0. The number of nitrogens with one attached hydrogen (secondary N) is 1. The third kappa shape index (κ3) is 2.58. The Morgan fingerprint density at radius 3 is 3.32 bits per heavy atom. The molecule has 1 aliphatic carbocycles. The number of carbonyl (C=O) groups excluding carboxylic acids is 1. The summed E-state index contributed by atoms with van der Waals surface area (Å²) in [7, 11) is 0. The lowest BCUT2D eigenvalue weighted by molar-refractivity contribution is 0.0650. The Balaban J connectivity index is 1.54. The quantitative estimate of drug-likeness (QED) is 0.496. The van der Waals surface area contributed by atoms with E-state index in [-0.39, 0.29) is 12.8 Å². The summed E-state index contributed by atoms with van der Waals surface area (Å²) < 4.78 is 5.18. The minimum atomic E-state index is -0.488. The highest BCUT2D eigenvalue weighted by Gasteiger charge is 2.42. The number of carbonyl (C=O) groups is 1. The van der Waals surface area contributed by atoms with E-state index in [0.29, 0.717) is 11.8 Å². The van der Waals surface area contributed by atoms with Crippen LogP contribution in [0.2, 0.25) is 0 Å². The van der Waals surface area contributed by atoms with E-state index in [1.165, 1.54) is 29.2 Å². The van der Waals surface area contributed by atoms with E-state index in [4.69, 9.17) is 10.6 Å². The molecule has 7 heteroatoms. The number of hydrazine groups is 1. The van der Waals surface area contributed by atoms with E-state index in [1.807, 2.05) is 5.38 Å². The number of fused-ring (bicyclic) bond motifs is 1. The molecule has 1 saturated carbocycles. The summed E-state index contributed by atoms with van der Waals surface area (Å²) in [6.45, 7) is 1.12. The van der Waals surface area contributed by atoms with E-state index in [9.17, 15) is 4.79 Å². The summed E-state index contributed by atoms with van der Waals surface area (Å²) in [5.74, 6) is 7.02. The molecular weight excluding hydrogens is 264 g/mol. The molecule has 6 nitrogen and oxygen atoms in total. The maximum absolute atomic E-state index is 11.9. The Morgan fingerprint density at radius 2 is 2.53 bits per heavy atom. The Kier molecular flexibility index (Phi) is 3.67. The highest BCUT2D eigenvalue weighted by atomic mass is 32.1. The molecule has 2 heterocycles. The largest absolute Gasteiger partial charge is 0.442 e. The number of nitrogens with two attached hydrogens (primary N) is 1. The van der Waals surface area contributed by atoms with Gasteiger partial charge in [0.25, 0.3) is 0 Å². The fourth-order valence-electron chi connectivity index (χ4n) is 3.10. The molecule has 3 atom stereocenters. The minimum Gasteiger partial charge on any atom is -0.442 e. The Labute approximate surface area is 115 Å².